The van der Waals surface area contributed by atoms with Gasteiger partial charge in [0.2, 0.25) is 5.96 Å². The first-order valence-corrected chi connectivity index (χ1v) is 8.85. The molecule has 3 aliphatic heterocycles. The largest absolute Gasteiger partial charge is 0.341 e. The molecule has 0 N–H and O–H groups in total. The van der Waals surface area contributed by atoms with E-state index in [0.29, 0.717) is 11.8 Å². The van der Waals surface area contributed by atoms with Gasteiger partial charge < -0.3 is 4.90 Å². The Hall–Kier alpha value is -2.89. The molecule has 4 rings (SSSR count). The van der Waals surface area contributed by atoms with E-state index in [4.69, 9.17) is 0 Å². The Bertz CT molecular complexity index is 858. The Labute approximate surface area is 151 Å². The molecule has 1 aromatic carbocycles. The van der Waals surface area contributed by atoms with Gasteiger partial charge in [-0.15, -0.1) is 0 Å². The van der Waals surface area contributed by atoms with Gasteiger partial charge in [-0.3, -0.25) is 4.79 Å². The quantitative estimate of drug-likeness (QED) is 0.822. The van der Waals surface area contributed by atoms with Crippen LogP contribution in [0.15, 0.2) is 57.0 Å². The van der Waals surface area contributed by atoms with E-state index in [2.05, 4.69) is 19.9 Å². The molecule has 1 unspecified atom stereocenters. The van der Waals surface area contributed by atoms with Crippen molar-refractivity contribution >= 4 is 30.0 Å². The maximum absolute atomic E-state index is 13.0. The molecule has 0 radical (unpaired) electrons. The second-order valence-corrected chi connectivity index (χ2v) is 6.53. The molecular formula is C20H19FN4O. The number of amides is 1. The number of benzene rings is 1. The Morgan fingerprint density at radius 3 is 2.58 bits per heavy atom. The van der Waals surface area contributed by atoms with Gasteiger partial charge in [0.15, 0.2) is 0 Å². The number of dihydropyridines is 1. The van der Waals surface area contributed by atoms with Crippen LogP contribution in [0.3, 0.4) is 0 Å². The number of amidine groups is 1. The minimum atomic E-state index is -0.565. The third kappa shape index (κ3) is 3.40. The van der Waals surface area contributed by atoms with Crippen molar-refractivity contribution in [3.63, 3.8) is 0 Å². The molecule has 0 saturated carbocycles. The average molecular weight is 350 g/mol. The van der Waals surface area contributed by atoms with E-state index in [1.807, 2.05) is 12.2 Å². The lowest BCUT2D eigenvalue weighted by Gasteiger charge is -2.30. The molecule has 5 nitrogen and oxygen atoms in total. The van der Waals surface area contributed by atoms with Crippen LogP contribution < -0.4 is 0 Å². The number of piperidine rings is 1. The van der Waals surface area contributed by atoms with Gasteiger partial charge in [-0.2, -0.15) is 9.98 Å². The van der Waals surface area contributed by atoms with Crippen LogP contribution in [0.2, 0.25) is 0 Å². The summed E-state index contributed by atoms with van der Waals surface area (Å²) in [6.45, 7) is 1.76. The number of likely N-dealkylation sites (tertiary alicyclic amines) is 1. The third-order valence-corrected chi connectivity index (χ3v) is 4.71. The summed E-state index contributed by atoms with van der Waals surface area (Å²) in [6.07, 6.45) is 10.5. The highest BCUT2D eigenvalue weighted by Crippen LogP contribution is 2.25. The third-order valence-electron chi connectivity index (χ3n) is 4.71. The minimum absolute atomic E-state index is 0.234. The second kappa shape index (κ2) is 7.15. The van der Waals surface area contributed by atoms with Crippen LogP contribution in [-0.4, -0.2) is 41.9 Å². The number of nitrogens with zero attached hydrogens (tertiary/aromatic N) is 4. The first-order valence-electron chi connectivity index (χ1n) is 8.85. The van der Waals surface area contributed by atoms with E-state index in [1.54, 1.807) is 24.4 Å². The van der Waals surface area contributed by atoms with Crippen molar-refractivity contribution in [3.05, 3.63) is 53.4 Å². The van der Waals surface area contributed by atoms with Gasteiger partial charge in [0.25, 0.3) is 5.91 Å². The molecule has 1 atom stereocenters. The molecule has 3 aliphatic rings. The highest BCUT2D eigenvalue weighted by molar-refractivity contribution is 6.20. The van der Waals surface area contributed by atoms with Crippen molar-refractivity contribution in [1.29, 1.82) is 0 Å². The first-order chi connectivity index (χ1) is 12.7. The van der Waals surface area contributed by atoms with Crippen LogP contribution in [0.25, 0.3) is 6.08 Å². The standard InChI is InChI=1S/C20H19FN4O/c21-16-8-5-14(6-9-16)4-7-15-10-11-22-18-17(15)19(26)24-20(23-18)25-12-2-1-3-13-25/h4-11,17H,1-3,12-13H2/b7-4+. The van der Waals surface area contributed by atoms with E-state index >= 15 is 0 Å². The number of fused-ring (bicyclic) bond motifs is 1. The van der Waals surface area contributed by atoms with Crippen LogP contribution in [0.5, 0.6) is 0 Å². The molecule has 3 heterocycles. The van der Waals surface area contributed by atoms with Gasteiger partial charge in [0, 0.05) is 19.3 Å². The van der Waals surface area contributed by atoms with Crippen molar-refractivity contribution in [2.24, 2.45) is 20.9 Å². The highest BCUT2D eigenvalue weighted by Gasteiger charge is 2.34. The Morgan fingerprint density at radius 1 is 1.04 bits per heavy atom. The Morgan fingerprint density at radius 2 is 1.81 bits per heavy atom. The van der Waals surface area contributed by atoms with Gasteiger partial charge in [0.05, 0.1) is 0 Å². The van der Waals surface area contributed by atoms with Crippen LogP contribution in [-0.2, 0) is 4.79 Å². The monoisotopic (exact) mass is 350 g/mol. The molecule has 0 spiro atoms. The maximum Gasteiger partial charge on any atom is 0.264 e. The fourth-order valence-corrected chi connectivity index (χ4v) is 3.31. The summed E-state index contributed by atoms with van der Waals surface area (Å²) < 4.78 is 13.0. The van der Waals surface area contributed by atoms with Gasteiger partial charge in [-0.05, 0) is 48.6 Å². The van der Waals surface area contributed by atoms with E-state index in [-0.39, 0.29) is 11.7 Å². The summed E-state index contributed by atoms with van der Waals surface area (Å²) in [4.78, 5) is 27.8. The van der Waals surface area contributed by atoms with E-state index in [1.165, 1.54) is 18.6 Å². The lowest BCUT2D eigenvalue weighted by Crippen LogP contribution is -2.40. The number of carbonyl (C=O) groups excluding carboxylic acids is 1. The predicted octanol–water partition coefficient (Wildman–Crippen LogP) is 3.25. The molecule has 26 heavy (non-hydrogen) atoms. The van der Waals surface area contributed by atoms with Crippen molar-refractivity contribution in [2.75, 3.05) is 13.1 Å². The molecule has 1 aromatic rings. The molecule has 6 heteroatoms. The molecule has 1 amide bonds. The average Bonchev–Trinajstić information content (AvgIpc) is 2.68. The number of hydrogen-bond donors (Lipinski definition) is 0. The minimum Gasteiger partial charge on any atom is -0.341 e. The number of halogens is 1. The summed E-state index contributed by atoms with van der Waals surface area (Å²) in [6, 6.07) is 6.19. The normalized spacial score (nSPS) is 22.8. The van der Waals surface area contributed by atoms with Crippen LogP contribution in [0.4, 0.5) is 4.39 Å². The number of guanidine groups is 1. The van der Waals surface area contributed by atoms with E-state index in [9.17, 15) is 9.18 Å². The topological polar surface area (TPSA) is 57.4 Å². The molecule has 0 aliphatic carbocycles. The van der Waals surface area contributed by atoms with Gasteiger partial charge in [0.1, 0.15) is 17.6 Å². The van der Waals surface area contributed by atoms with Crippen molar-refractivity contribution in [3.8, 4) is 0 Å². The van der Waals surface area contributed by atoms with Crippen LogP contribution in [0.1, 0.15) is 24.8 Å². The van der Waals surface area contributed by atoms with Crippen molar-refractivity contribution < 1.29 is 9.18 Å². The number of rotatable bonds is 2. The fourth-order valence-electron chi connectivity index (χ4n) is 3.31. The van der Waals surface area contributed by atoms with Gasteiger partial charge >= 0.3 is 0 Å². The number of aliphatic imine (C=N–C) groups is 3. The van der Waals surface area contributed by atoms with Gasteiger partial charge in [-0.25, -0.2) is 9.38 Å². The highest BCUT2D eigenvalue weighted by atomic mass is 19.1. The zero-order valence-electron chi connectivity index (χ0n) is 14.3. The summed E-state index contributed by atoms with van der Waals surface area (Å²) >= 11 is 0. The van der Waals surface area contributed by atoms with Crippen LogP contribution in [0, 0.1) is 11.7 Å². The number of hydrogen-bond acceptors (Lipinski definition) is 4. The Kier molecular flexibility index (Phi) is 4.56. The number of allylic oxidation sites excluding steroid dienone is 2. The summed E-state index contributed by atoms with van der Waals surface area (Å²) in [5.41, 5.74) is 1.64. The summed E-state index contributed by atoms with van der Waals surface area (Å²) in [5.74, 6) is -0.0935. The fraction of sp³-hybridized carbons (Fsp3) is 0.300. The van der Waals surface area contributed by atoms with Gasteiger partial charge in [-0.1, -0.05) is 24.3 Å². The van der Waals surface area contributed by atoms with Crippen LogP contribution >= 0.6 is 0 Å². The van der Waals surface area contributed by atoms with Crippen molar-refractivity contribution in [2.45, 2.75) is 19.3 Å². The smallest absolute Gasteiger partial charge is 0.264 e. The zero-order valence-corrected chi connectivity index (χ0v) is 14.3. The summed E-state index contributed by atoms with van der Waals surface area (Å²) in [5, 5.41) is 0. The number of carbonyl (C=O) groups is 1. The molecule has 0 aromatic heterocycles. The lowest BCUT2D eigenvalue weighted by molar-refractivity contribution is -0.118. The lowest BCUT2D eigenvalue weighted by atomic mass is 9.93. The van der Waals surface area contributed by atoms with E-state index < -0.39 is 5.92 Å². The molecule has 132 valence electrons. The second-order valence-electron chi connectivity index (χ2n) is 6.53. The Balaban J connectivity index is 1.55. The zero-order chi connectivity index (χ0) is 17.9. The predicted molar refractivity (Wildman–Crippen MR) is 101 cm³/mol. The summed E-state index contributed by atoms with van der Waals surface area (Å²) in [7, 11) is 0. The SMILES string of the molecule is O=C1N=C(N2CCCCC2)N=C2N=CC=C(/C=C/c3ccc(F)cc3)C12. The van der Waals surface area contributed by atoms with Crippen molar-refractivity contribution in [1.82, 2.24) is 4.90 Å². The molecule has 0 bridgehead atoms. The maximum atomic E-state index is 13.0. The molecule has 1 saturated heterocycles. The first kappa shape index (κ1) is 16.6. The molecular weight excluding hydrogens is 331 g/mol. The molecule has 1 fully saturated rings. The van der Waals surface area contributed by atoms with E-state index in [0.717, 1.165) is 37.1 Å².